The fourth-order valence-electron chi connectivity index (χ4n) is 4.37. The maximum atomic E-state index is 13.3. The molecule has 0 amide bonds. The lowest BCUT2D eigenvalue weighted by atomic mass is 9.80. The number of nitrogens with one attached hydrogen (secondary N) is 1. The number of esters is 1. The first-order valence-corrected chi connectivity index (χ1v) is 10.3. The van der Waals surface area contributed by atoms with E-state index in [4.69, 9.17) is 4.74 Å². The predicted molar refractivity (Wildman–Crippen MR) is 115 cm³/mol. The Bertz CT molecular complexity index is 1200. The molecular formula is C23H24FN3O4. The number of para-hydroxylation sites is 1. The van der Waals surface area contributed by atoms with Gasteiger partial charge in [0.25, 0.3) is 5.56 Å². The van der Waals surface area contributed by atoms with Gasteiger partial charge in [-0.2, -0.15) is 0 Å². The predicted octanol–water partition coefficient (Wildman–Crippen LogP) is 2.11. The van der Waals surface area contributed by atoms with Crippen LogP contribution in [0.4, 0.5) is 4.39 Å². The van der Waals surface area contributed by atoms with Crippen LogP contribution in [-0.2, 0) is 16.1 Å². The highest BCUT2D eigenvalue weighted by Gasteiger charge is 2.36. The maximum Gasteiger partial charge on any atom is 0.328 e. The van der Waals surface area contributed by atoms with Crippen molar-refractivity contribution in [3.8, 4) is 0 Å². The molecule has 1 N–H and O–H groups in total. The van der Waals surface area contributed by atoms with E-state index in [0.717, 1.165) is 5.56 Å². The summed E-state index contributed by atoms with van der Waals surface area (Å²) in [6, 6.07) is 13.1. The quantitative estimate of drug-likeness (QED) is 0.633. The largest absolute Gasteiger partial charge is 0.469 e. The number of benzene rings is 2. The number of halogens is 1. The fourth-order valence-corrected chi connectivity index (χ4v) is 4.37. The van der Waals surface area contributed by atoms with E-state index in [9.17, 15) is 18.8 Å². The molecule has 1 fully saturated rings. The Morgan fingerprint density at radius 2 is 1.87 bits per heavy atom. The third kappa shape index (κ3) is 4.29. The first-order chi connectivity index (χ1) is 15.0. The van der Waals surface area contributed by atoms with E-state index in [2.05, 4.69) is 9.88 Å². The van der Waals surface area contributed by atoms with Gasteiger partial charge in [0.15, 0.2) is 0 Å². The fraction of sp³-hybridized carbons (Fsp3) is 0.348. The van der Waals surface area contributed by atoms with Crippen molar-refractivity contribution in [2.45, 2.75) is 18.9 Å². The molecule has 31 heavy (non-hydrogen) atoms. The van der Waals surface area contributed by atoms with Crippen LogP contribution >= 0.6 is 0 Å². The zero-order valence-corrected chi connectivity index (χ0v) is 17.2. The Balaban J connectivity index is 1.51. The van der Waals surface area contributed by atoms with E-state index in [-0.39, 0.29) is 29.8 Å². The van der Waals surface area contributed by atoms with Crippen LogP contribution in [0.2, 0.25) is 0 Å². The number of hydrogen-bond donors (Lipinski definition) is 1. The summed E-state index contributed by atoms with van der Waals surface area (Å²) in [6.07, 6.45) is 0.689. The maximum absolute atomic E-state index is 13.3. The zero-order valence-electron chi connectivity index (χ0n) is 17.2. The average Bonchev–Trinajstić information content (AvgIpc) is 2.79. The summed E-state index contributed by atoms with van der Waals surface area (Å²) in [7, 11) is 1.36. The molecule has 2 aromatic carbocycles. The van der Waals surface area contributed by atoms with Gasteiger partial charge in [0, 0.05) is 19.6 Å². The number of aromatic amines is 1. The molecular weight excluding hydrogens is 401 g/mol. The molecule has 1 saturated heterocycles. The van der Waals surface area contributed by atoms with E-state index in [0.29, 0.717) is 37.0 Å². The number of rotatable bonds is 5. The highest BCUT2D eigenvalue weighted by Crippen LogP contribution is 2.34. The van der Waals surface area contributed by atoms with E-state index in [1.165, 1.54) is 23.8 Å². The Morgan fingerprint density at radius 1 is 1.13 bits per heavy atom. The number of methoxy groups -OCH3 is 1. The van der Waals surface area contributed by atoms with Gasteiger partial charge in [-0.25, -0.2) is 9.18 Å². The Hall–Kier alpha value is -3.26. The van der Waals surface area contributed by atoms with Crippen molar-refractivity contribution in [1.29, 1.82) is 0 Å². The van der Waals surface area contributed by atoms with E-state index < -0.39 is 11.6 Å². The Kier molecular flexibility index (Phi) is 5.99. The van der Waals surface area contributed by atoms with Crippen LogP contribution in [0.3, 0.4) is 0 Å². The van der Waals surface area contributed by atoms with E-state index in [1.807, 2.05) is 0 Å². The molecule has 0 saturated carbocycles. The number of H-pyrrole nitrogens is 1. The number of carbonyl (C=O) groups is 1. The van der Waals surface area contributed by atoms with Gasteiger partial charge >= 0.3 is 11.7 Å². The average molecular weight is 425 g/mol. The zero-order chi connectivity index (χ0) is 22.0. The van der Waals surface area contributed by atoms with Crippen molar-refractivity contribution >= 4 is 16.9 Å². The third-order valence-electron chi connectivity index (χ3n) is 6.03. The molecule has 162 valence electrons. The van der Waals surface area contributed by atoms with Crippen LogP contribution in [0.15, 0.2) is 58.1 Å². The summed E-state index contributed by atoms with van der Waals surface area (Å²) < 4.78 is 19.5. The van der Waals surface area contributed by atoms with Crippen LogP contribution in [0.1, 0.15) is 17.9 Å². The SMILES string of the molecule is COC(=O)[C@H]1CN(CCn2c(=O)[nH]c3ccccc3c2=O)CC[C@H]1c1ccc(F)cc1. The normalized spacial score (nSPS) is 19.4. The van der Waals surface area contributed by atoms with Crippen LogP contribution in [0, 0.1) is 11.7 Å². The topological polar surface area (TPSA) is 84.4 Å². The molecule has 0 aliphatic carbocycles. The van der Waals surface area contributed by atoms with Crippen molar-refractivity contribution in [3.63, 3.8) is 0 Å². The smallest absolute Gasteiger partial charge is 0.328 e. The number of piperidine rings is 1. The lowest BCUT2D eigenvalue weighted by Crippen LogP contribution is -2.46. The molecule has 2 atom stereocenters. The summed E-state index contributed by atoms with van der Waals surface area (Å²) in [5, 5.41) is 0.463. The van der Waals surface area contributed by atoms with E-state index in [1.54, 1.807) is 36.4 Å². The second-order valence-corrected chi connectivity index (χ2v) is 7.81. The first-order valence-electron chi connectivity index (χ1n) is 10.3. The standard InChI is InChI=1S/C23H24FN3O4/c1-31-22(29)19-14-26(11-10-17(19)15-6-8-16(24)9-7-15)12-13-27-21(28)18-4-2-3-5-20(18)25-23(27)30/h2-9,17,19H,10-14H2,1H3,(H,25,30)/t17-,19-/m0/s1. The van der Waals surface area contributed by atoms with Gasteiger partial charge in [0.05, 0.1) is 23.9 Å². The monoisotopic (exact) mass is 425 g/mol. The number of hydrogen-bond acceptors (Lipinski definition) is 5. The molecule has 1 aliphatic rings. The minimum absolute atomic E-state index is 0.0731. The number of aromatic nitrogens is 2. The number of carbonyl (C=O) groups excluding carboxylic acids is 1. The van der Waals surface area contributed by atoms with Crippen molar-refractivity contribution < 1.29 is 13.9 Å². The first kappa shape index (κ1) is 21.0. The molecule has 7 nitrogen and oxygen atoms in total. The summed E-state index contributed by atoms with van der Waals surface area (Å²) in [6.45, 7) is 1.80. The molecule has 1 aromatic heterocycles. The number of likely N-dealkylation sites (tertiary alicyclic amines) is 1. The summed E-state index contributed by atoms with van der Waals surface area (Å²) >= 11 is 0. The summed E-state index contributed by atoms with van der Waals surface area (Å²) in [5.41, 5.74) is 0.637. The van der Waals surface area contributed by atoms with Crippen LogP contribution in [0.5, 0.6) is 0 Å². The van der Waals surface area contributed by atoms with Gasteiger partial charge in [-0.3, -0.25) is 14.2 Å². The number of nitrogens with zero attached hydrogens (tertiary/aromatic N) is 2. The second-order valence-electron chi connectivity index (χ2n) is 7.81. The highest BCUT2D eigenvalue weighted by molar-refractivity contribution is 5.77. The molecule has 1 aliphatic heterocycles. The molecule has 0 spiro atoms. The van der Waals surface area contributed by atoms with Gasteiger partial charge in [0.1, 0.15) is 5.82 Å². The molecule has 8 heteroatoms. The van der Waals surface area contributed by atoms with Crippen LogP contribution in [0.25, 0.3) is 10.9 Å². The third-order valence-corrected chi connectivity index (χ3v) is 6.03. The Morgan fingerprint density at radius 3 is 2.61 bits per heavy atom. The second kappa shape index (κ2) is 8.85. The van der Waals surface area contributed by atoms with Crippen molar-refractivity contribution in [1.82, 2.24) is 14.5 Å². The summed E-state index contributed by atoms with van der Waals surface area (Å²) in [5.74, 6) is -1.12. The molecule has 0 unspecified atom stereocenters. The van der Waals surface area contributed by atoms with Gasteiger partial charge in [-0.15, -0.1) is 0 Å². The molecule has 4 rings (SSSR count). The van der Waals surface area contributed by atoms with Crippen LogP contribution < -0.4 is 11.2 Å². The minimum atomic E-state index is -0.450. The molecule has 3 aromatic rings. The Labute approximate surface area is 178 Å². The number of ether oxygens (including phenoxy) is 1. The molecule has 0 radical (unpaired) electrons. The van der Waals surface area contributed by atoms with E-state index >= 15 is 0 Å². The number of fused-ring (bicyclic) bond motifs is 1. The lowest BCUT2D eigenvalue weighted by Gasteiger charge is -2.37. The molecule has 0 bridgehead atoms. The molecule has 2 heterocycles. The lowest BCUT2D eigenvalue weighted by molar-refractivity contribution is -0.148. The van der Waals surface area contributed by atoms with Gasteiger partial charge in [0.2, 0.25) is 0 Å². The minimum Gasteiger partial charge on any atom is -0.469 e. The summed E-state index contributed by atoms with van der Waals surface area (Å²) in [4.78, 5) is 42.4. The van der Waals surface area contributed by atoms with Gasteiger partial charge < -0.3 is 14.6 Å². The van der Waals surface area contributed by atoms with Gasteiger partial charge in [-0.05, 0) is 48.7 Å². The van der Waals surface area contributed by atoms with Crippen molar-refractivity contribution in [2.24, 2.45) is 5.92 Å². The van der Waals surface area contributed by atoms with Crippen molar-refractivity contribution in [2.75, 3.05) is 26.7 Å². The van der Waals surface area contributed by atoms with Crippen molar-refractivity contribution in [3.05, 3.63) is 80.7 Å². The van der Waals surface area contributed by atoms with Gasteiger partial charge in [-0.1, -0.05) is 24.3 Å². The highest BCUT2D eigenvalue weighted by atomic mass is 19.1. The van der Waals surface area contributed by atoms with Crippen LogP contribution in [-0.4, -0.2) is 47.2 Å².